The molecule has 0 aromatic heterocycles. The largest absolute Gasteiger partial charge is 0.379 e. The van der Waals surface area contributed by atoms with E-state index in [1.807, 2.05) is 6.07 Å². The lowest BCUT2D eigenvalue weighted by atomic mass is 9.96. The van der Waals surface area contributed by atoms with Gasteiger partial charge in [0, 0.05) is 38.3 Å². The van der Waals surface area contributed by atoms with E-state index < -0.39 is 10.0 Å². The monoisotopic (exact) mass is 499 g/mol. The highest BCUT2D eigenvalue weighted by Gasteiger charge is 2.29. The zero-order chi connectivity index (χ0) is 24.8. The molecule has 190 valence electrons. The highest BCUT2D eigenvalue weighted by atomic mass is 32.2. The number of carbonyl (C=O) groups is 1. The first-order valence-electron chi connectivity index (χ1n) is 12.6. The first-order chi connectivity index (χ1) is 16.9. The maximum Gasteiger partial charge on any atom is 0.251 e. The van der Waals surface area contributed by atoms with Gasteiger partial charge < -0.3 is 10.1 Å². The minimum absolute atomic E-state index is 0.0477. The molecule has 0 spiro atoms. The molecule has 2 aromatic rings. The average Bonchev–Trinajstić information content (AvgIpc) is 2.89. The van der Waals surface area contributed by atoms with Gasteiger partial charge in [-0.1, -0.05) is 49.1 Å². The Balaban J connectivity index is 1.43. The minimum atomic E-state index is -3.58. The Hall–Kier alpha value is -2.26. The van der Waals surface area contributed by atoms with E-state index in [4.69, 9.17) is 4.74 Å². The van der Waals surface area contributed by atoms with E-state index in [0.717, 1.165) is 38.8 Å². The number of hydrogen-bond donors (Lipinski definition) is 1. The molecule has 2 fully saturated rings. The van der Waals surface area contributed by atoms with Crippen molar-refractivity contribution in [2.24, 2.45) is 0 Å². The molecule has 1 aliphatic carbocycles. The zero-order valence-electron chi connectivity index (χ0n) is 20.8. The normalized spacial score (nSPS) is 18.9. The predicted octanol–water partition coefficient (Wildman–Crippen LogP) is 3.75. The lowest BCUT2D eigenvalue weighted by molar-refractivity contribution is 0.0162. The first kappa shape index (κ1) is 25.8. The summed E-state index contributed by atoms with van der Waals surface area (Å²) in [5.41, 5.74) is 2.80. The summed E-state index contributed by atoms with van der Waals surface area (Å²) in [6.45, 7) is 5.53. The van der Waals surface area contributed by atoms with Crippen LogP contribution in [0.15, 0.2) is 53.4 Å². The van der Waals surface area contributed by atoms with E-state index in [0.29, 0.717) is 25.3 Å². The van der Waals surface area contributed by atoms with Gasteiger partial charge >= 0.3 is 0 Å². The van der Waals surface area contributed by atoms with Gasteiger partial charge in [-0.3, -0.25) is 9.69 Å². The molecule has 1 saturated heterocycles. The molecule has 1 atom stereocenters. The summed E-state index contributed by atoms with van der Waals surface area (Å²) >= 11 is 0. The third-order valence-corrected chi connectivity index (χ3v) is 9.18. The van der Waals surface area contributed by atoms with Crippen LogP contribution in [0.5, 0.6) is 0 Å². The molecule has 7 nitrogen and oxygen atoms in total. The van der Waals surface area contributed by atoms with Gasteiger partial charge in [-0.2, -0.15) is 4.31 Å². The number of rotatable bonds is 8. The predicted molar refractivity (Wildman–Crippen MR) is 137 cm³/mol. The van der Waals surface area contributed by atoms with E-state index in [1.54, 1.807) is 31.3 Å². The van der Waals surface area contributed by atoms with Crippen LogP contribution in [0.1, 0.15) is 59.6 Å². The van der Waals surface area contributed by atoms with Crippen molar-refractivity contribution >= 4 is 15.9 Å². The van der Waals surface area contributed by atoms with Crippen molar-refractivity contribution in [3.05, 3.63) is 65.2 Å². The maximum atomic E-state index is 13.1. The molecule has 0 bridgehead atoms. The number of hydrogen-bond acceptors (Lipinski definition) is 5. The Morgan fingerprint density at radius 2 is 1.77 bits per heavy atom. The maximum absolute atomic E-state index is 13.1. The lowest BCUT2D eigenvalue weighted by Gasteiger charge is -2.35. The van der Waals surface area contributed by atoms with Crippen LogP contribution < -0.4 is 5.32 Å². The van der Waals surface area contributed by atoms with Crippen LogP contribution in [0.4, 0.5) is 0 Å². The SMILES string of the molecule is Cc1cccc(C(CNC(=O)c2ccc(S(=O)(=O)N(C)C3CCCCC3)cc2)N2CCOCC2)c1. The fourth-order valence-corrected chi connectivity index (χ4v) is 6.52. The molecule has 2 aliphatic rings. The minimum Gasteiger partial charge on any atom is -0.379 e. The van der Waals surface area contributed by atoms with Crippen molar-refractivity contribution in [1.29, 1.82) is 0 Å². The number of carbonyl (C=O) groups excluding carboxylic acids is 1. The molecule has 1 amide bonds. The smallest absolute Gasteiger partial charge is 0.251 e. The zero-order valence-corrected chi connectivity index (χ0v) is 21.6. The molecule has 0 radical (unpaired) electrons. The van der Waals surface area contributed by atoms with E-state index in [9.17, 15) is 13.2 Å². The van der Waals surface area contributed by atoms with Gasteiger partial charge in [-0.05, 0) is 49.6 Å². The van der Waals surface area contributed by atoms with Gasteiger partial charge in [0.1, 0.15) is 0 Å². The van der Waals surface area contributed by atoms with Crippen molar-refractivity contribution in [2.75, 3.05) is 39.9 Å². The summed E-state index contributed by atoms with van der Waals surface area (Å²) < 4.78 is 33.2. The number of morpholine rings is 1. The van der Waals surface area contributed by atoms with Gasteiger partial charge in [0.2, 0.25) is 10.0 Å². The highest BCUT2D eigenvalue weighted by Crippen LogP contribution is 2.27. The number of nitrogens with one attached hydrogen (secondary N) is 1. The van der Waals surface area contributed by atoms with Crippen molar-refractivity contribution < 1.29 is 17.9 Å². The fraction of sp³-hybridized carbons (Fsp3) is 0.519. The molecule has 4 rings (SSSR count). The first-order valence-corrected chi connectivity index (χ1v) is 14.0. The second-order valence-corrected chi connectivity index (χ2v) is 11.6. The van der Waals surface area contributed by atoms with Crippen molar-refractivity contribution in [3.63, 3.8) is 0 Å². The number of ether oxygens (including phenoxy) is 1. The fourth-order valence-electron chi connectivity index (χ4n) is 5.10. The summed E-state index contributed by atoms with van der Waals surface area (Å²) in [4.78, 5) is 15.5. The summed E-state index contributed by atoms with van der Waals surface area (Å²) in [6.07, 6.45) is 5.11. The summed E-state index contributed by atoms with van der Waals surface area (Å²) in [5, 5.41) is 3.07. The Morgan fingerprint density at radius 1 is 1.09 bits per heavy atom. The molecule has 1 unspecified atom stereocenters. The Kier molecular flexibility index (Phi) is 8.59. The molecule has 1 N–H and O–H groups in total. The van der Waals surface area contributed by atoms with Gasteiger partial charge in [0.15, 0.2) is 0 Å². The Bertz CT molecular complexity index is 1090. The van der Waals surface area contributed by atoms with Gasteiger partial charge in [-0.25, -0.2) is 8.42 Å². The second-order valence-electron chi connectivity index (χ2n) is 9.63. The van der Waals surface area contributed by atoms with Crippen molar-refractivity contribution in [2.45, 2.75) is 56.0 Å². The molecule has 1 heterocycles. The van der Waals surface area contributed by atoms with E-state index in [2.05, 4.69) is 35.3 Å². The lowest BCUT2D eigenvalue weighted by Crippen LogP contribution is -2.43. The highest BCUT2D eigenvalue weighted by molar-refractivity contribution is 7.89. The van der Waals surface area contributed by atoms with Crippen LogP contribution in [-0.2, 0) is 14.8 Å². The van der Waals surface area contributed by atoms with Crippen LogP contribution in [0, 0.1) is 6.92 Å². The Labute approximate surface area is 209 Å². The van der Waals surface area contributed by atoms with Crippen molar-refractivity contribution in [1.82, 2.24) is 14.5 Å². The summed E-state index contributed by atoms with van der Waals surface area (Å²) in [7, 11) is -1.91. The molecule has 8 heteroatoms. The molecule has 1 saturated carbocycles. The Morgan fingerprint density at radius 3 is 2.43 bits per heavy atom. The topological polar surface area (TPSA) is 79.0 Å². The summed E-state index contributed by atoms with van der Waals surface area (Å²) in [6, 6.07) is 14.8. The number of benzene rings is 2. The molecule has 2 aromatic carbocycles. The van der Waals surface area contributed by atoms with Crippen LogP contribution in [0.3, 0.4) is 0 Å². The number of nitrogens with zero attached hydrogens (tertiary/aromatic N) is 2. The number of sulfonamides is 1. The third kappa shape index (κ3) is 6.30. The third-order valence-electron chi connectivity index (χ3n) is 7.25. The van der Waals surface area contributed by atoms with Crippen LogP contribution in [-0.4, -0.2) is 69.5 Å². The molecular formula is C27H37N3O4S. The standard InChI is InChI=1S/C27H37N3O4S/c1-21-7-6-8-23(19-21)26(30-15-17-34-18-16-30)20-28-27(31)22-11-13-25(14-12-22)35(32,33)29(2)24-9-4-3-5-10-24/h6-8,11-14,19,24,26H,3-5,9-10,15-18,20H2,1-2H3,(H,28,31). The van der Waals surface area contributed by atoms with E-state index >= 15 is 0 Å². The quantitative estimate of drug-likeness (QED) is 0.599. The van der Waals surface area contributed by atoms with E-state index in [-0.39, 0.29) is 22.9 Å². The average molecular weight is 500 g/mol. The number of aryl methyl sites for hydroxylation is 1. The van der Waals surface area contributed by atoms with Crippen molar-refractivity contribution in [3.8, 4) is 0 Å². The van der Waals surface area contributed by atoms with E-state index in [1.165, 1.54) is 21.9 Å². The molecular weight excluding hydrogens is 462 g/mol. The molecule has 35 heavy (non-hydrogen) atoms. The second kappa shape index (κ2) is 11.6. The van der Waals surface area contributed by atoms with Crippen LogP contribution in [0.25, 0.3) is 0 Å². The van der Waals surface area contributed by atoms with Gasteiger partial charge in [0.05, 0.1) is 24.2 Å². The van der Waals surface area contributed by atoms with Crippen LogP contribution >= 0.6 is 0 Å². The molecule has 1 aliphatic heterocycles. The van der Waals surface area contributed by atoms with Crippen LogP contribution in [0.2, 0.25) is 0 Å². The number of amides is 1. The van der Waals surface area contributed by atoms with Gasteiger partial charge in [-0.15, -0.1) is 0 Å². The summed E-state index contributed by atoms with van der Waals surface area (Å²) in [5.74, 6) is -0.208. The van der Waals surface area contributed by atoms with Gasteiger partial charge in [0.25, 0.3) is 5.91 Å².